The Morgan fingerprint density at radius 2 is 2.00 bits per heavy atom. The van der Waals surface area contributed by atoms with Crippen molar-refractivity contribution >= 4 is 11.6 Å². The molecule has 1 aromatic carbocycles. The van der Waals surface area contributed by atoms with Crippen LogP contribution in [0.2, 0.25) is 0 Å². The number of imidazole rings is 1. The maximum atomic E-state index is 12.6. The fraction of sp³-hybridized carbons (Fsp3) is 0.391. The van der Waals surface area contributed by atoms with Gasteiger partial charge in [0.1, 0.15) is 5.65 Å². The smallest absolute Gasteiger partial charge is 0.252 e. The Kier molecular flexibility index (Phi) is 5.44. The van der Waals surface area contributed by atoms with E-state index in [-0.39, 0.29) is 5.91 Å². The number of rotatable bonds is 6. The molecule has 4 rings (SSSR count). The maximum Gasteiger partial charge on any atom is 0.252 e. The van der Waals surface area contributed by atoms with Gasteiger partial charge in [0.05, 0.1) is 11.3 Å². The van der Waals surface area contributed by atoms with Crippen molar-refractivity contribution in [1.82, 2.24) is 19.6 Å². The van der Waals surface area contributed by atoms with Crippen molar-refractivity contribution < 1.29 is 4.79 Å². The standard InChI is InChI=1S/C23H28N4O/c1-17(2)13-26-11-10-18(14-26)12-24-23(28)20-8-9-22-25-21(16-27(22)15-20)19-6-4-3-5-7-19/h3-9,15-18H,10-14H2,1-2H3,(H,24,28)/t18-/m0/s1. The minimum atomic E-state index is -0.0147. The zero-order valence-corrected chi connectivity index (χ0v) is 16.6. The Balaban J connectivity index is 1.39. The molecule has 0 unspecified atom stereocenters. The molecular formula is C23H28N4O. The number of aromatic nitrogens is 2. The Bertz CT molecular complexity index is 948. The highest BCUT2D eigenvalue weighted by atomic mass is 16.1. The SMILES string of the molecule is CC(C)CN1CC[C@@H](CNC(=O)c2ccc3nc(-c4ccccc4)cn3c2)C1. The van der Waals surface area contributed by atoms with E-state index >= 15 is 0 Å². The van der Waals surface area contributed by atoms with E-state index in [1.807, 2.05) is 59.3 Å². The van der Waals surface area contributed by atoms with E-state index in [2.05, 4.69) is 29.0 Å². The highest BCUT2D eigenvalue weighted by Crippen LogP contribution is 2.20. The van der Waals surface area contributed by atoms with Crippen molar-refractivity contribution in [1.29, 1.82) is 0 Å². The van der Waals surface area contributed by atoms with Gasteiger partial charge >= 0.3 is 0 Å². The van der Waals surface area contributed by atoms with Crippen molar-refractivity contribution in [2.24, 2.45) is 11.8 Å². The average Bonchev–Trinajstić information content (AvgIpc) is 3.32. The quantitative estimate of drug-likeness (QED) is 0.713. The number of nitrogens with one attached hydrogen (secondary N) is 1. The van der Waals surface area contributed by atoms with Crippen LogP contribution in [-0.2, 0) is 0 Å². The average molecular weight is 377 g/mol. The number of amides is 1. The Morgan fingerprint density at radius 1 is 1.18 bits per heavy atom. The molecular weight excluding hydrogens is 348 g/mol. The number of hydrogen-bond acceptors (Lipinski definition) is 3. The summed E-state index contributed by atoms with van der Waals surface area (Å²) in [6.45, 7) is 8.62. The first-order valence-corrected chi connectivity index (χ1v) is 10.1. The van der Waals surface area contributed by atoms with Crippen molar-refractivity contribution in [3.63, 3.8) is 0 Å². The number of pyridine rings is 1. The predicted octanol–water partition coefficient (Wildman–Crippen LogP) is 3.71. The summed E-state index contributed by atoms with van der Waals surface area (Å²) in [7, 11) is 0. The number of hydrogen-bond donors (Lipinski definition) is 1. The number of carbonyl (C=O) groups is 1. The molecule has 5 heteroatoms. The first-order valence-electron chi connectivity index (χ1n) is 10.1. The monoisotopic (exact) mass is 376 g/mol. The molecule has 1 saturated heterocycles. The Labute approximate surface area is 166 Å². The van der Waals surface area contributed by atoms with Crippen LogP contribution in [0.15, 0.2) is 54.9 Å². The minimum absolute atomic E-state index is 0.0147. The highest BCUT2D eigenvalue weighted by molar-refractivity contribution is 5.94. The molecule has 146 valence electrons. The molecule has 3 heterocycles. The summed E-state index contributed by atoms with van der Waals surface area (Å²) in [5, 5.41) is 3.12. The molecule has 1 amide bonds. The van der Waals surface area contributed by atoms with E-state index in [9.17, 15) is 4.79 Å². The van der Waals surface area contributed by atoms with Gasteiger partial charge in [-0.25, -0.2) is 4.98 Å². The van der Waals surface area contributed by atoms with Crippen LogP contribution >= 0.6 is 0 Å². The van der Waals surface area contributed by atoms with Crippen LogP contribution in [0.25, 0.3) is 16.9 Å². The molecule has 1 atom stereocenters. The molecule has 1 aliphatic rings. The molecule has 2 aromatic heterocycles. The van der Waals surface area contributed by atoms with Gasteiger partial charge in [-0.05, 0) is 36.9 Å². The number of fused-ring (bicyclic) bond motifs is 1. The van der Waals surface area contributed by atoms with Crippen molar-refractivity contribution in [3.8, 4) is 11.3 Å². The lowest BCUT2D eigenvalue weighted by Gasteiger charge is -2.18. The lowest BCUT2D eigenvalue weighted by molar-refractivity contribution is 0.0946. The second kappa shape index (κ2) is 8.15. The highest BCUT2D eigenvalue weighted by Gasteiger charge is 2.23. The first kappa shape index (κ1) is 18.7. The van der Waals surface area contributed by atoms with E-state index in [1.165, 1.54) is 0 Å². The Hall–Kier alpha value is -2.66. The summed E-state index contributed by atoms with van der Waals surface area (Å²) in [4.78, 5) is 19.8. The topological polar surface area (TPSA) is 49.6 Å². The van der Waals surface area contributed by atoms with Crippen LogP contribution in [0.3, 0.4) is 0 Å². The van der Waals surface area contributed by atoms with Crippen LogP contribution in [0, 0.1) is 11.8 Å². The van der Waals surface area contributed by atoms with Gasteiger partial charge in [0, 0.05) is 37.6 Å². The van der Waals surface area contributed by atoms with Crippen molar-refractivity contribution in [2.45, 2.75) is 20.3 Å². The lowest BCUT2D eigenvalue weighted by Crippen LogP contribution is -2.32. The molecule has 5 nitrogen and oxygen atoms in total. The van der Waals surface area contributed by atoms with Gasteiger partial charge in [0.15, 0.2) is 0 Å². The molecule has 1 aliphatic heterocycles. The van der Waals surface area contributed by atoms with E-state index in [4.69, 9.17) is 0 Å². The fourth-order valence-electron chi connectivity index (χ4n) is 3.97. The van der Waals surface area contributed by atoms with Crippen LogP contribution in [-0.4, -0.2) is 46.4 Å². The minimum Gasteiger partial charge on any atom is -0.352 e. The molecule has 0 saturated carbocycles. The van der Waals surface area contributed by atoms with Crippen LogP contribution < -0.4 is 5.32 Å². The summed E-state index contributed by atoms with van der Waals surface area (Å²) in [5.41, 5.74) is 3.50. The van der Waals surface area contributed by atoms with Crippen molar-refractivity contribution in [3.05, 3.63) is 60.4 Å². The summed E-state index contributed by atoms with van der Waals surface area (Å²) in [6, 6.07) is 13.8. The maximum absolute atomic E-state index is 12.6. The summed E-state index contributed by atoms with van der Waals surface area (Å²) in [5.74, 6) is 1.22. The Morgan fingerprint density at radius 3 is 2.79 bits per heavy atom. The zero-order valence-electron chi connectivity index (χ0n) is 16.6. The molecule has 1 fully saturated rings. The van der Waals surface area contributed by atoms with Gasteiger partial charge in [-0.2, -0.15) is 0 Å². The second-order valence-corrected chi connectivity index (χ2v) is 8.19. The van der Waals surface area contributed by atoms with Gasteiger partial charge < -0.3 is 14.6 Å². The molecule has 0 spiro atoms. The van der Waals surface area contributed by atoms with E-state index < -0.39 is 0 Å². The normalized spacial score (nSPS) is 17.5. The molecule has 0 aliphatic carbocycles. The fourth-order valence-corrected chi connectivity index (χ4v) is 3.97. The summed E-state index contributed by atoms with van der Waals surface area (Å²) < 4.78 is 1.93. The van der Waals surface area contributed by atoms with Crippen molar-refractivity contribution in [2.75, 3.05) is 26.2 Å². The van der Waals surface area contributed by atoms with Gasteiger partial charge in [-0.1, -0.05) is 44.2 Å². The third-order valence-corrected chi connectivity index (χ3v) is 5.33. The lowest BCUT2D eigenvalue weighted by atomic mass is 10.1. The zero-order chi connectivity index (χ0) is 19.5. The molecule has 3 aromatic rings. The van der Waals surface area contributed by atoms with Crippen LogP contribution in [0.1, 0.15) is 30.6 Å². The van der Waals surface area contributed by atoms with E-state index in [0.717, 1.165) is 49.5 Å². The van der Waals surface area contributed by atoms with Gasteiger partial charge in [0.2, 0.25) is 0 Å². The van der Waals surface area contributed by atoms with E-state index in [1.54, 1.807) is 0 Å². The number of likely N-dealkylation sites (tertiary alicyclic amines) is 1. The molecule has 1 N–H and O–H groups in total. The predicted molar refractivity (Wildman–Crippen MR) is 112 cm³/mol. The summed E-state index contributed by atoms with van der Waals surface area (Å²) in [6.07, 6.45) is 5.00. The third kappa shape index (κ3) is 4.25. The van der Waals surface area contributed by atoms with Crippen LogP contribution in [0.5, 0.6) is 0 Å². The van der Waals surface area contributed by atoms with Gasteiger partial charge in [-0.3, -0.25) is 4.79 Å². The van der Waals surface area contributed by atoms with Gasteiger partial charge in [-0.15, -0.1) is 0 Å². The molecule has 0 bridgehead atoms. The number of benzene rings is 1. The van der Waals surface area contributed by atoms with Gasteiger partial charge in [0.25, 0.3) is 5.91 Å². The van der Waals surface area contributed by atoms with E-state index in [0.29, 0.717) is 17.4 Å². The first-order chi connectivity index (χ1) is 13.6. The molecule has 0 radical (unpaired) electrons. The second-order valence-electron chi connectivity index (χ2n) is 8.19. The summed E-state index contributed by atoms with van der Waals surface area (Å²) >= 11 is 0. The molecule has 28 heavy (non-hydrogen) atoms. The number of carbonyl (C=O) groups excluding carboxylic acids is 1. The third-order valence-electron chi connectivity index (χ3n) is 5.33. The van der Waals surface area contributed by atoms with Crippen LogP contribution in [0.4, 0.5) is 0 Å². The largest absolute Gasteiger partial charge is 0.352 e. The number of nitrogens with zero attached hydrogens (tertiary/aromatic N) is 3.